The van der Waals surface area contributed by atoms with Crippen molar-refractivity contribution >= 4 is 6.03 Å². The second kappa shape index (κ2) is 6.45. The van der Waals surface area contributed by atoms with Crippen LogP contribution in [0, 0.1) is 0 Å². The largest absolute Gasteiger partial charge is 0.488 e. The molecule has 0 unspecified atom stereocenters. The number of hydrogen-bond acceptors (Lipinski definition) is 2. The van der Waals surface area contributed by atoms with E-state index in [4.69, 9.17) is 4.74 Å². The summed E-state index contributed by atoms with van der Waals surface area (Å²) in [6.07, 6.45) is 0. The van der Waals surface area contributed by atoms with Gasteiger partial charge in [-0.3, -0.25) is 0 Å². The molecule has 2 N–H and O–H groups in total. The summed E-state index contributed by atoms with van der Waals surface area (Å²) in [6.45, 7) is 10.4. The SMILES string of the molecule is CC(C)NC(=O)NCc1ccc(OC(C)(C)C)cc1. The summed E-state index contributed by atoms with van der Waals surface area (Å²) in [7, 11) is 0. The van der Waals surface area contributed by atoms with Crippen LogP contribution in [-0.4, -0.2) is 17.7 Å². The molecule has 0 spiro atoms. The number of hydrogen-bond donors (Lipinski definition) is 2. The van der Waals surface area contributed by atoms with Crippen LogP contribution in [0.3, 0.4) is 0 Å². The van der Waals surface area contributed by atoms with Crippen molar-refractivity contribution in [1.82, 2.24) is 10.6 Å². The number of amides is 2. The van der Waals surface area contributed by atoms with Gasteiger partial charge in [0, 0.05) is 12.6 Å². The van der Waals surface area contributed by atoms with Gasteiger partial charge < -0.3 is 15.4 Å². The zero-order valence-corrected chi connectivity index (χ0v) is 12.4. The third kappa shape index (κ3) is 6.70. The Balaban J connectivity index is 2.46. The van der Waals surface area contributed by atoms with E-state index in [-0.39, 0.29) is 17.7 Å². The smallest absolute Gasteiger partial charge is 0.315 e. The summed E-state index contributed by atoms with van der Waals surface area (Å²) in [4.78, 5) is 11.4. The van der Waals surface area contributed by atoms with Crippen molar-refractivity contribution in [2.45, 2.75) is 52.8 Å². The lowest BCUT2D eigenvalue weighted by atomic mass is 10.1. The number of carbonyl (C=O) groups is 1. The first kappa shape index (κ1) is 15.3. The molecule has 0 bridgehead atoms. The molecule has 0 atom stereocenters. The maximum atomic E-state index is 11.4. The molecule has 1 aromatic carbocycles. The van der Waals surface area contributed by atoms with Crippen molar-refractivity contribution in [3.8, 4) is 5.75 Å². The highest BCUT2D eigenvalue weighted by Crippen LogP contribution is 2.18. The van der Waals surface area contributed by atoms with Crippen LogP contribution in [0.4, 0.5) is 4.79 Å². The molecule has 2 amide bonds. The second-order valence-corrected chi connectivity index (χ2v) is 5.84. The topological polar surface area (TPSA) is 50.4 Å². The number of ether oxygens (including phenoxy) is 1. The van der Waals surface area contributed by atoms with Crippen LogP contribution >= 0.6 is 0 Å². The monoisotopic (exact) mass is 264 g/mol. The maximum absolute atomic E-state index is 11.4. The summed E-state index contributed by atoms with van der Waals surface area (Å²) in [6, 6.07) is 7.74. The zero-order valence-electron chi connectivity index (χ0n) is 12.4. The fourth-order valence-corrected chi connectivity index (χ4v) is 1.52. The van der Waals surface area contributed by atoms with Crippen LogP contribution in [0.25, 0.3) is 0 Å². The van der Waals surface area contributed by atoms with Gasteiger partial charge in [0.1, 0.15) is 11.4 Å². The molecule has 106 valence electrons. The molecule has 4 heteroatoms. The molecular weight excluding hydrogens is 240 g/mol. The van der Waals surface area contributed by atoms with Gasteiger partial charge in [0.25, 0.3) is 0 Å². The van der Waals surface area contributed by atoms with E-state index in [1.807, 2.05) is 58.9 Å². The standard InChI is InChI=1S/C15H24N2O2/c1-11(2)17-14(18)16-10-12-6-8-13(9-7-12)19-15(3,4)5/h6-9,11H,10H2,1-5H3,(H2,16,17,18). The predicted octanol–water partition coefficient (Wildman–Crippen LogP) is 3.07. The third-order valence-electron chi connectivity index (χ3n) is 2.22. The van der Waals surface area contributed by atoms with Gasteiger partial charge in [-0.1, -0.05) is 12.1 Å². The van der Waals surface area contributed by atoms with E-state index in [1.165, 1.54) is 0 Å². The average Bonchev–Trinajstić information content (AvgIpc) is 2.25. The van der Waals surface area contributed by atoms with E-state index in [2.05, 4.69) is 10.6 Å². The third-order valence-corrected chi connectivity index (χ3v) is 2.22. The van der Waals surface area contributed by atoms with Crippen molar-refractivity contribution in [2.24, 2.45) is 0 Å². The van der Waals surface area contributed by atoms with Crippen molar-refractivity contribution in [3.63, 3.8) is 0 Å². The van der Waals surface area contributed by atoms with E-state index in [0.717, 1.165) is 11.3 Å². The van der Waals surface area contributed by atoms with Crippen molar-refractivity contribution < 1.29 is 9.53 Å². The van der Waals surface area contributed by atoms with Crippen LogP contribution in [0.2, 0.25) is 0 Å². The number of benzene rings is 1. The lowest BCUT2D eigenvalue weighted by molar-refractivity contribution is 0.131. The predicted molar refractivity (Wildman–Crippen MR) is 77.3 cm³/mol. The number of carbonyl (C=O) groups excluding carboxylic acids is 1. The summed E-state index contributed by atoms with van der Waals surface area (Å²) < 4.78 is 5.74. The quantitative estimate of drug-likeness (QED) is 0.878. The molecular formula is C15H24N2O2. The van der Waals surface area contributed by atoms with Crippen molar-refractivity contribution in [2.75, 3.05) is 0 Å². The molecule has 1 aromatic rings. The van der Waals surface area contributed by atoms with Crippen LogP contribution in [-0.2, 0) is 6.54 Å². The Labute approximate surface area is 115 Å². The molecule has 4 nitrogen and oxygen atoms in total. The van der Waals surface area contributed by atoms with Gasteiger partial charge in [-0.15, -0.1) is 0 Å². The minimum atomic E-state index is -0.198. The Bertz CT molecular complexity index is 405. The highest BCUT2D eigenvalue weighted by Gasteiger charge is 2.11. The normalized spacial score (nSPS) is 11.3. The molecule has 0 radical (unpaired) electrons. The minimum Gasteiger partial charge on any atom is -0.488 e. The van der Waals surface area contributed by atoms with Crippen LogP contribution in [0.5, 0.6) is 5.75 Å². The number of urea groups is 1. The van der Waals surface area contributed by atoms with E-state index in [0.29, 0.717) is 6.54 Å². The Morgan fingerprint density at radius 2 is 1.79 bits per heavy atom. The molecule has 0 fully saturated rings. The van der Waals surface area contributed by atoms with E-state index in [9.17, 15) is 4.79 Å². The minimum absolute atomic E-state index is 0.141. The molecule has 0 aliphatic heterocycles. The first-order valence-electron chi connectivity index (χ1n) is 6.58. The summed E-state index contributed by atoms with van der Waals surface area (Å²) in [5.74, 6) is 0.836. The van der Waals surface area contributed by atoms with Crippen LogP contribution in [0.15, 0.2) is 24.3 Å². The van der Waals surface area contributed by atoms with Gasteiger partial charge in [-0.05, 0) is 52.3 Å². The molecule has 1 rings (SSSR count). The zero-order chi connectivity index (χ0) is 14.5. The first-order chi connectivity index (χ1) is 8.76. The molecule has 0 heterocycles. The average molecular weight is 264 g/mol. The van der Waals surface area contributed by atoms with E-state index >= 15 is 0 Å². The lowest BCUT2D eigenvalue weighted by Gasteiger charge is -2.21. The van der Waals surface area contributed by atoms with Crippen molar-refractivity contribution in [1.29, 1.82) is 0 Å². The van der Waals surface area contributed by atoms with E-state index < -0.39 is 0 Å². The summed E-state index contributed by atoms with van der Waals surface area (Å²) in [5.41, 5.74) is 0.844. The van der Waals surface area contributed by atoms with Gasteiger partial charge >= 0.3 is 6.03 Å². The molecule has 19 heavy (non-hydrogen) atoms. The first-order valence-corrected chi connectivity index (χ1v) is 6.58. The highest BCUT2D eigenvalue weighted by molar-refractivity contribution is 5.74. The fourth-order valence-electron chi connectivity index (χ4n) is 1.52. The maximum Gasteiger partial charge on any atom is 0.315 e. The molecule has 0 aromatic heterocycles. The second-order valence-electron chi connectivity index (χ2n) is 5.84. The Kier molecular flexibility index (Phi) is 5.21. The highest BCUT2D eigenvalue weighted by atomic mass is 16.5. The summed E-state index contributed by atoms with van der Waals surface area (Å²) >= 11 is 0. The molecule has 0 saturated heterocycles. The Morgan fingerprint density at radius 3 is 2.26 bits per heavy atom. The summed E-state index contributed by atoms with van der Waals surface area (Å²) in [5, 5.41) is 5.59. The Hall–Kier alpha value is -1.71. The molecule has 0 saturated carbocycles. The van der Waals surface area contributed by atoms with Gasteiger partial charge in [-0.2, -0.15) is 0 Å². The van der Waals surface area contributed by atoms with Gasteiger partial charge in [0.2, 0.25) is 0 Å². The van der Waals surface area contributed by atoms with Gasteiger partial charge in [0.15, 0.2) is 0 Å². The molecule has 0 aliphatic rings. The van der Waals surface area contributed by atoms with Crippen LogP contribution in [0.1, 0.15) is 40.2 Å². The fraction of sp³-hybridized carbons (Fsp3) is 0.533. The van der Waals surface area contributed by atoms with E-state index in [1.54, 1.807) is 0 Å². The van der Waals surface area contributed by atoms with Crippen LogP contribution < -0.4 is 15.4 Å². The number of nitrogens with one attached hydrogen (secondary N) is 2. The lowest BCUT2D eigenvalue weighted by Crippen LogP contribution is -2.39. The van der Waals surface area contributed by atoms with Gasteiger partial charge in [-0.25, -0.2) is 4.79 Å². The Morgan fingerprint density at radius 1 is 1.21 bits per heavy atom. The number of rotatable bonds is 4. The van der Waals surface area contributed by atoms with Crippen molar-refractivity contribution in [3.05, 3.63) is 29.8 Å². The molecule has 0 aliphatic carbocycles. The van der Waals surface area contributed by atoms with Gasteiger partial charge in [0.05, 0.1) is 0 Å².